The van der Waals surface area contributed by atoms with Crippen molar-refractivity contribution in [1.82, 2.24) is 5.32 Å². The van der Waals surface area contributed by atoms with Crippen molar-refractivity contribution < 1.29 is 4.79 Å². The second-order valence-corrected chi connectivity index (χ2v) is 6.91. The number of carbonyl (C=O) groups excluding carboxylic acids is 1. The largest absolute Gasteiger partial charge is 0.353 e. The zero-order valence-electron chi connectivity index (χ0n) is 13.8. The summed E-state index contributed by atoms with van der Waals surface area (Å²) < 4.78 is 0. The SMILES string of the molecule is CCCCCCCCCCCC(=O)NC1CCCC1CCl. The van der Waals surface area contributed by atoms with Gasteiger partial charge in [-0.05, 0) is 25.2 Å². The van der Waals surface area contributed by atoms with Crippen LogP contribution in [-0.4, -0.2) is 17.8 Å². The molecular weight excluding hydrogens is 282 g/mol. The van der Waals surface area contributed by atoms with E-state index in [1.807, 2.05) is 0 Å². The Morgan fingerprint density at radius 1 is 1.00 bits per heavy atom. The summed E-state index contributed by atoms with van der Waals surface area (Å²) in [6, 6.07) is 0.341. The molecule has 0 radical (unpaired) electrons. The number of rotatable bonds is 12. The molecule has 124 valence electrons. The highest BCUT2D eigenvalue weighted by molar-refractivity contribution is 6.18. The molecule has 0 aromatic heterocycles. The average molecular weight is 316 g/mol. The van der Waals surface area contributed by atoms with Gasteiger partial charge in [-0.2, -0.15) is 0 Å². The lowest BCUT2D eigenvalue weighted by atomic mass is 10.0. The third-order valence-corrected chi connectivity index (χ3v) is 5.11. The zero-order valence-corrected chi connectivity index (χ0v) is 14.6. The minimum absolute atomic E-state index is 0.236. The lowest BCUT2D eigenvalue weighted by molar-refractivity contribution is -0.122. The number of unbranched alkanes of at least 4 members (excludes halogenated alkanes) is 8. The highest BCUT2D eigenvalue weighted by Gasteiger charge is 2.27. The predicted octanol–water partition coefficient (Wildman–Crippen LogP) is 5.43. The van der Waals surface area contributed by atoms with Crippen molar-refractivity contribution >= 4 is 17.5 Å². The normalized spacial score (nSPS) is 21.6. The Hall–Kier alpha value is -0.240. The fourth-order valence-corrected chi connectivity index (χ4v) is 3.66. The lowest BCUT2D eigenvalue weighted by Crippen LogP contribution is -2.37. The summed E-state index contributed by atoms with van der Waals surface area (Å²) in [6.45, 7) is 2.26. The molecule has 0 heterocycles. The molecular formula is C18H34ClNO. The fraction of sp³-hybridized carbons (Fsp3) is 0.944. The van der Waals surface area contributed by atoms with Gasteiger partial charge in [0, 0.05) is 18.3 Å². The van der Waals surface area contributed by atoms with Gasteiger partial charge in [0.25, 0.3) is 0 Å². The van der Waals surface area contributed by atoms with Gasteiger partial charge in [-0.1, -0.05) is 64.7 Å². The van der Waals surface area contributed by atoms with Crippen LogP contribution in [0.1, 0.15) is 90.4 Å². The number of alkyl halides is 1. The highest BCUT2D eigenvalue weighted by atomic mass is 35.5. The van der Waals surface area contributed by atoms with E-state index in [0.717, 1.165) is 12.8 Å². The summed E-state index contributed by atoms with van der Waals surface area (Å²) in [5.74, 6) is 1.42. The first-order chi connectivity index (χ1) is 10.3. The van der Waals surface area contributed by atoms with Crippen LogP contribution in [-0.2, 0) is 4.79 Å². The Morgan fingerprint density at radius 3 is 2.24 bits per heavy atom. The maximum atomic E-state index is 11.9. The summed E-state index contributed by atoms with van der Waals surface area (Å²) in [5, 5.41) is 3.18. The van der Waals surface area contributed by atoms with Crippen LogP contribution in [0.5, 0.6) is 0 Å². The fourth-order valence-electron chi connectivity index (χ4n) is 3.29. The number of hydrogen-bond donors (Lipinski definition) is 1. The number of hydrogen-bond acceptors (Lipinski definition) is 1. The van der Waals surface area contributed by atoms with Crippen molar-refractivity contribution in [3.8, 4) is 0 Å². The summed E-state index contributed by atoms with van der Waals surface area (Å²) in [7, 11) is 0. The second kappa shape index (κ2) is 12.3. The van der Waals surface area contributed by atoms with Gasteiger partial charge in [0.1, 0.15) is 0 Å². The molecule has 1 aliphatic rings. The second-order valence-electron chi connectivity index (χ2n) is 6.60. The Bertz CT molecular complexity index is 270. The maximum absolute atomic E-state index is 11.9. The smallest absolute Gasteiger partial charge is 0.220 e. The van der Waals surface area contributed by atoms with E-state index in [1.165, 1.54) is 64.2 Å². The van der Waals surface area contributed by atoms with Gasteiger partial charge in [0.05, 0.1) is 0 Å². The molecule has 2 nitrogen and oxygen atoms in total. The van der Waals surface area contributed by atoms with Gasteiger partial charge in [-0.3, -0.25) is 4.79 Å². The molecule has 2 atom stereocenters. The van der Waals surface area contributed by atoms with Crippen LogP contribution in [0.4, 0.5) is 0 Å². The average Bonchev–Trinajstić information content (AvgIpc) is 2.92. The molecule has 21 heavy (non-hydrogen) atoms. The first-order valence-electron chi connectivity index (χ1n) is 9.13. The molecule has 1 amide bonds. The third kappa shape index (κ3) is 8.70. The quantitative estimate of drug-likeness (QED) is 0.377. The van der Waals surface area contributed by atoms with Gasteiger partial charge < -0.3 is 5.32 Å². The number of halogens is 1. The number of nitrogens with one attached hydrogen (secondary N) is 1. The van der Waals surface area contributed by atoms with E-state index in [4.69, 9.17) is 11.6 Å². The molecule has 1 rings (SSSR count). The van der Waals surface area contributed by atoms with E-state index >= 15 is 0 Å². The van der Waals surface area contributed by atoms with E-state index in [9.17, 15) is 4.79 Å². The van der Waals surface area contributed by atoms with Crippen molar-refractivity contribution in [2.45, 2.75) is 96.4 Å². The minimum atomic E-state index is 0.236. The van der Waals surface area contributed by atoms with Crippen LogP contribution >= 0.6 is 11.6 Å². The Morgan fingerprint density at radius 2 is 1.62 bits per heavy atom. The summed E-state index contributed by atoms with van der Waals surface area (Å²) in [4.78, 5) is 11.9. The van der Waals surface area contributed by atoms with E-state index < -0.39 is 0 Å². The van der Waals surface area contributed by atoms with Crippen molar-refractivity contribution in [1.29, 1.82) is 0 Å². The molecule has 1 saturated carbocycles. The summed E-state index contributed by atoms with van der Waals surface area (Å²) in [5.41, 5.74) is 0. The molecule has 0 aromatic rings. The van der Waals surface area contributed by atoms with E-state index in [-0.39, 0.29) is 5.91 Å². The molecule has 0 saturated heterocycles. The molecule has 3 heteroatoms. The van der Waals surface area contributed by atoms with E-state index in [2.05, 4.69) is 12.2 Å². The monoisotopic (exact) mass is 315 g/mol. The molecule has 1 N–H and O–H groups in total. The molecule has 1 fully saturated rings. The van der Waals surface area contributed by atoms with Crippen molar-refractivity contribution in [3.63, 3.8) is 0 Å². The Balaban J connectivity index is 1.91. The first kappa shape index (κ1) is 18.8. The molecule has 0 aliphatic heterocycles. The zero-order chi connectivity index (χ0) is 15.3. The topological polar surface area (TPSA) is 29.1 Å². The van der Waals surface area contributed by atoms with Crippen LogP contribution in [0.15, 0.2) is 0 Å². The van der Waals surface area contributed by atoms with Crippen molar-refractivity contribution in [3.05, 3.63) is 0 Å². The van der Waals surface area contributed by atoms with Crippen LogP contribution in [0.25, 0.3) is 0 Å². The summed E-state index contributed by atoms with van der Waals surface area (Å²) >= 11 is 5.94. The van der Waals surface area contributed by atoms with Crippen molar-refractivity contribution in [2.75, 3.05) is 5.88 Å². The van der Waals surface area contributed by atoms with Crippen molar-refractivity contribution in [2.24, 2.45) is 5.92 Å². The first-order valence-corrected chi connectivity index (χ1v) is 9.66. The van der Waals surface area contributed by atoms with Gasteiger partial charge in [0.2, 0.25) is 5.91 Å². The van der Waals surface area contributed by atoms with Gasteiger partial charge in [0.15, 0.2) is 0 Å². The number of carbonyl (C=O) groups is 1. The predicted molar refractivity (Wildman–Crippen MR) is 91.8 cm³/mol. The molecule has 2 unspecified atom stereocenters. The van der Waals surface area contributed by atoms with Crippen LogP contribution in [0.2, 0.25) is 0 Å². The third-order valence-electron chi connectivity index (χ3n) is 4.71. The van der Waals surface area contributed by atoms with E-state index in [0.29, 0.717) is 24.3 Å². The van der Waals surface area contributed by atoms with Gasteiger partial charge >= 0.3 is 0 Å². The lowest BCUT2D eigenvalue weighted by Gasteiger charge is -2.18. The highest BCUT2D eigenvalue weighted by Crippen LogP contribution is 2.26. The minimum Gasteiger partial charge on any atom is -0.353 e. The number of amides is 1. The Kier molecular flexibility index (Phi) is 11.0. The molecule has 0 bridgehead atoms. The maximum Gasteiger partial charge on any atom is 0.220 e. The van der Waals surface area contributed by atoms with Gasteiger partial charge in [-0.25, -0.2) is 0 Å². The molecule has 1 aliphatic carbocycles. The van der Waals surface area contributed by atoms with Gasteiger partial charge in [-0.15, -0.1) is 11.6 Å². The standard InChI is InChI=1S/C18H34ClNO/c1-2-3-4-5-6-7-8-9-10-14-18(21)20-17-13-11-12-16(17)15-19/h16-17H,2-15H2,1H3,(H,20,21). The summed E-state index contributed by atoms with van der Waals surface area (Å²) in [6.07, 6.45) is 15.9. The van der Waals surface area contributed by atoms with Crippen LogP contribution in [0, 0.1) is 5.92 Å². The van der Waals surface area contributed by atoms with Crippen LogP contribution in [0.3, 0.4) is 0 Å². The van der Waals surface area contributed by atoms with Crippen LogP contribution < -0.4 is 5.32 Å². The molecule has 0 aromatic carbocycles. The van der Waals surface area contributed by atoms with E-state index in [1.54, 1.807) is 0 Å². The Labute approximate surface area is 136 Å². The molecule has 0 spiro atoms.